The van der Waals surface area contributed by atoms with Gasteiger partial charge in [-0.1, -0.05) is 0 Å². The average molecular weight is 550 g/mol. The fraction of sp³-hybridized carbons (Fsp3) is 0.607. The molecule has 5 aliphatic rings. The van der Waals surface area contributed by atoms with Crippen LogP contribution < -0.4 is 4.90 Å². The second-order valence-electron chi connectivity index (χ2n) is 11.6. The van der Waals surface area contributed by atoms with E-state index < -0.39 is 0 Å². The van der Waals surface area contributed by atoms with Gasteiger partial charge in [0.05, 0.1) is 0 Å². The van der Waals surface area contributed by atoms with Crippen LogP contribution in [0.3, 0.4) is 0 Å². The zero-order valence-electron chi connectivity index (χ0n) is 21.1. The molecule has 2 atom stereocenters. The van der Waals surface area contributed by atoms with Crippen LogP contribution in [0.5, 0.6) is 0 Å². The first-order valence-electron chi connectivity index (χ1n) is 13.5. The second kappa shape index (κ2) is 8.85. The van der Waals surface area contributed by atoms with Crippen molar-refractivity contribution in [1.29, 1.82) is 0 Å². The van der Waals surface area contributed by atoms with Crippen molar-refractivity contribution >= 4 is 22.0 Å². The fourth-order valence-electron chi connectivity index (χ4n) is 7.10. The van der Waals surface area contributed by atoms with Crippen LogP contribution in [0.4, 0.5) is 5.82 Å². The average Bonchev–Trinajstić information content (AvgIpc) is 3.81. The number of nitrogens with zero attached hydrogens (tertiary/aromatic N) is 6. The number of aryl methyl sites for hydroxylation is 1. The normalized spacial score (nSPS) is 30.0. The molecule has 8 heteroatoms. The van der Waals surface area contributed by atoms with E-state index in [1.165, 1.54) is 46.5 Å². The number of likely N-dealkylation sites (N-methyl/N-ethyl adjacent to an activating group) is 1. The molecule has 1 aromatic heterocycles. The van der Waals surface area contributed by atoms with Gasteiger partial charge in [0.25, 0.3) is 0 Å². The molecule has 1 aromatic carbocycles. The van der Waals surface area contributed by atoms with E-state index in [-0.39, 0.29) is 5.41 Å². The summed E-state index contributed by atoms with van der Waals surface area (Å²) in [5.74, 6) is 1.21. The molecule has 0 radical (unpaired) electrons. The first-order valence-corrected chi connectivity index (χ1v) is 14.4. The Labute approximate surface area is 227 Å². The van der Waals surface area contributed by atoms with Crippen LogP contribution in [0.25, 0.3) is 0 Å². The third kappa shape index (κ3) is 3.81. The number of hydrogen-bond acceptors (Lipinski definition) is 6. The number of rotatable bonds is 5. The molecule has 2 aliphatic heterocycles. The van der Waals surface area contributed by atoms with E-state index in [4.69, 9.17) is 31.9 Å². The standard InChI is InChI=1S/C28H35ClN6.Co/c1-32-10-14-34(15-11-32)24-18-28(24,21-2-4-22(29)5-3-21)19-33-12-16-35(17-13-33)26-25-23(30-20-31-26)6-7-27(25)8-9-27;/h2-5,20,24H,6-18H2,1H3;/t24-,28-;/m1./s1. The van der Waals surface area contributed by atoms with E-state index >= 15 is 0 Å². The maximum absolute atomic E-state index is 6.28. The Morgan fingerprint density at radius 1 is 0.944 bits per heavy atom. The molecule has 0 N–H and O–H groups in total. The SMILES string of the molecule is CN1CCN([C@@H]2C[C@@]2([C](=[Co])N2CCN(c3ncnc4c3C3(CC4)CC3)CC2)c2ccc(Cl)cc2)CC1. The Balaban J connectivity index is 1.11. The third-order valence-corrected chi connectivity index (χ3v) is 10.6. The van der Waals surface area contributed by atoms with Crippen molar-refractivity contribution in [3.63, 3.8) is 0 Å². The number of fused-ring (bicyclic) bond motifs is 2. The van der Waals surface area contributed by atoms with Crippen LogP contribution >= 0.6 is 11.6 Å². The van der Waals surface area contributed by atoms with Gasteiger partial charge < -0.3 is 0 Å². The summed E-state index contributed by atoms with van der Waals surface area (Å²) in [7, 11) is 2.23. The molecule has 3 aliphatic carbocycles. The van der Waals surface area contributed by atoms with Crippen molar-refractivity contribution in [2.24, 2.45) is 0 Å². The van der Waals surface area contributed by atoms with Crippen molar-refractivity contribution < 1.29 is 15.3 Å². The summed E-state index contributed by atoms with van der Waals surface area (Å²) in [4.78, 5) is 19.7. The van der Waals surface area contributed by atoms with E-state index in [9.17, 15) is 0 Å². The van der Waals surface area contributed by atoms with E-state index in [2.05, 4.69) is 43.8 Å². The molecule has 2 saturated carbocycles. The van der Waals surface area contributed by atoms with Gasteiger partial charge in [0.2, 0.25) is 0 Å². The van der Waals surface area contributed by atoms with Crippen molar-refractivity contribution in [2.45, 2.75) is 49.0 Å². The van der Waals surface area contributed by atoms with Crippen LogP contribution in [0, 0.1) is 0 Å². The van der Waals surface area contributed by atoms with Gasteiger partial charge in [-0.2, -0.15) is 0 Å². The molecule has 2 saturated heterocycles. The predicted molar refractivity (Wildman–Crippen MR) is 141 cm³/mol. The second-order valence-corrected chi connectivity index (χ2v) is 12.5. The molecule has 0 bridgehead atoms. The van der Waals surface area contributed by atoms with Gasteiger partial charge in [-0.3, -0.25) is 0 Å². The number of halogens is 1. The van der Waals surface area contributed by atoms with Crippen LogP contribution in [0.2, 0.25) is 5.02 Å². The first kappa shape index (κ1) is 23.7. The minimum absolute atomic E-state index is 0.0308. The summed E-state index contributed by atoms with van der Waals surface area (Å²) in [5.41, 5.74) is 4.49. The minimum atomic E-state index is -0.0308. The molecule has 7 rings (SSSR count). The predicted octanol–water partition coefficient (Wildman–Crippen LogP) is 2.86. The van der Waals surface area contributed by atoms with Crippen LogP contribution in [-0.4, -0.2) is 94.7 Å². The van der Waals surface area contributed by atoms with Gasteiger partial charge in [-0.15, -0.1) is 0 Å². The van der Waals surface area contributed by atoms with Gasteiger partial charge >= 0.3 is 228 Å². The molecule has 6 nitrogen and oxygen atoms in total. The number of piperazine rings is 2. The summed E-state index contributed by atoms with van der Waals surface area (Å²) in [6.45, 7) is 8.46. The van der Waals surface area contributed by atoms with Gasteiger partial charge in [-0.05, 0) is 0 Å². The van der Waals surface area contributed by atoms with Gasteiger partial charge in [0.15, 0.2) is 0 Å². The van der Waals surface area contributed by atoms with Crippen LogP contribution in [0.15, 0.2) is 30.6 Å². The summed E-state index contributed by atoms with van der Waals surface area (Å²) in [5, 5.41) is 0.797. The monoisotopic (exact) mass is 549 g/mol. The van der Waals surface area contributed by atoms with Crippen LogP contribution in [-0.2, 0) is 32.6 Å². The van der Waals surface area contributed by atoms with Gasteiger partial charge in [-0.25, -0.2) is 0 Å². The zero-order chi connectivity index (χ0) is 24.5. The first-order chi connectivity index (χ1) is 17.5. The summed E-state index contributed by atoms with van der Waals surface area (Å²) in [6, 6.07) is 9.04. The molecule has 36 heavy (non-hydrogen) atoms. The summed E-state index contributed by atoms with van der Waals surface area (Å²) < 4.78 is 1.23. The van der Waals surface area contributed by atoms with E-state index in [1.807, 2.05) is 12.1 Å². The summed E-state index contributed by atoms with van der Waals surface area (Å²) >= 11 is 11.6. The third-order valence-electron chi connectivity index (χ3n) is 9.58. The Morgan fingerprint density at radius 2 is 1.67 bits per heavy atom. The van der Waals surface area contributed by atoms with E-state index in [1.54, 1.807) is 6.33 Å². The van der Waals surface area contributed by atoms with Crippen molar-refractivity contribution in [3.8, 4) is 0 Å². The van der Waals surface area contributed by atoms with Gasteiger partial charge in [0.1, 0.15) is 0 Å². The molecule has 2 aromatic rings. The topological polar surface area (TPSA) is 38.7 Å². The Hall–Kier alpha value is -1.35. The molecule has 0 unspecified atom stereocenters. The summed E-state index contributed by atoms with van der Waals surface area (Å²) in [6.07, 6.45) is 7.93. The number of aromatic nitrogens is 2. The molecule has 0 amide bonds. The zero-order valence-corrected chi connectivity index (χ0v) is 22.8. The number of benzene rings is 1. The van der Waals surface area contributed by atoms with Crippen LogP contribution in [0.1, 0.15) is 42.5 Å². The molecule has 1 spiro atoms. The van der Waals surface area contributed by atoms with Crippen molar-refractivity contribution in [2.75, 3.05) is 64.3 Å². The Morgan fingerprint density at radius 3 is 2.36 bits per heavy atom. The molecule has 193 valence electrons. The van der Waals surface area contributed by atoms with Gasteiger partial charge in [0, 0.05) is 0 Å². The fourth-order valence-corrected chi connectivity index (χ4v) is 7.89. The number of hydrogen-bond donors (Lipinski definition) is 0. The molecular weight excluding hydrogens is 515 g/mol. The van der Waals surface area contributed by atoms with Crippen molar-refractivity contribution in [3.05, 3.63) is 52.4 Å². The molecular formula is C28H35ClCoN6. The van der Waals surface area contributed by atoms with E-state index in [0.29, 0.717) is 11.5 Å². The Kier molecular flexibility index (Phi) is 5.84. The maximum atomic E-state index is 6.28. The quantitative estimate of drug-likeness (QED) is 0.571. The molecule has 4 fully saturated rings. The Bertz CT molecular complexity index is 1170. The number of anilines is 1. The van der Waals surface area contributed by atoms with Crippen molar-refractivity contribution in [1.82, 2.24) is 24.7 Å². The van der Waals surface area contributed by atoms with E-state index in [0.717, 1.165) is 70.2 Å². The molecule has 3 heterocycles.